The number of sulfonamides is 1. The molecule has 2 N–H and O–H groups in total. The van der Waals surface area contributed by atoms with Crippen molar-refractivity contribution in [3.8, 4) is 0 Å². The molecule has 0 saturated carbocycles. The molecule has 0 aromatic heterocycles. The van der Waals surface area contributed by atoms with E-state index in [2.05, 4.69) is 10.6 Å². The summed E-state index contributed by atoms with van der Waals surface area (Å²) in [5.41, 5.74) is 2.75. The molecule has 0 aliphatic carbocycles. The molecule has 1 heterocycles. The highest BCUT2D eigenvalue weighted by Crippen LogP contribution is 2.28. The molecule has 1 fully saturated rings. The van der Waals surface area contributed by atoms with Crippen LogP contribution in [0.1, 0.15) is 42.4 Å². The monoisotopic (exact) mass is 475 g/mol. The van der Waals surface area contributed by atoms with Crippen molar-refractivity contribution in [3.63, 3.8) is 0 Å². The van der Waals surface area contributed by atoms with Crippen molar-refractivity contribution in [2.75, 3.05) is 18.4 Å². The van der Waals surface area contributed by atoms with Crippen molar-refractivity contribution in [2.24, 2.45) is 0 Å². The van der Waals surface area contributed by atoms with Crippen LogP contribution >= 0.6 is 0 Å². The Morgan fingerprint density at radius 3 is 2.52 bits per heavy atom. The second kappa shape index (κ2) is 10.4. The van der Waals surface area contributed by atoms with E-state index in [1.807, 2.05) is 26.0 Å². The van der Waals surface area contributed by atoms with Gasteiger partial charge in [0.2, 0.25) is 10.0 Å². The lowest BCUT2D eigenvalue weighted by Crippen LogP contribution is -2.46. The quantitative estimate of drug-likeness (QED) is 0.626. The predicted octanol–water partition coefficient (Wildman–Crippen LogP) is 3.44. The first-order valence-electron chi connectivity index (χ1n) is 11.0. The van der Waals surface area contributed by atoms with Gasteiger partial charge in [0.25, 0.3) is 0 Å². The summed E-state index contributed by atoms with van der Waals surface area (Å²) in [6.45, 7) is 5.84. The maximum atomic E-state index is 13.5. The van der Waals surface area contributed by atoms with E-state index in [4.69, 9.17) is 0 Å². The number of rotatable bonds is 6. The Hall–Kier alpha value is -2.78. The molecule has 1 aliphatic heterocycles. The van der Waals surface area contributed by atoms with E-state index in [0.717, 1.165) is 30.0 Å². The zero-order valence-corrected chi connectivity index (χ0v) is 20.0. The first-order valence-corrected chi connectivity index (χ1v) is 12.5. The van der Waals surface area contributed by atoms with Crippen molar-refractivity contribution >= 4 is 27.5 Å². The Balaban J connectivity index is 1.61. The number of hydrogen-bond donors (Lipinski definition) is 2. The summed E-state index contributed by atoms with van der Waals surface area (Å²) in [7, 11) is -3.80. The lowest BCUT2D eigenvalue weighted by atomic mass is 10.0. The number of carbonyl (C=O) groups excluding carboxylic acids is 2. The molecule has 33 heavy (non-hydrogen) atoms. The lowest BCUT2D eigenvalue weighted by Gasteiger charge is -2.35. The molecular weight excluding hydrogens is 445 g/mol. The van der Waals surface area contributed by atoms with Crippen LogP contribution in [-0.2, 0) is 19.6 Å². The van der Waals surface area contributed by atoms with Crippen molar-refractivity contribution in [3.05, 3.63) is 58.9 Å². The van der Waals surface area contributed by atoms with Crippen LogP contribution < -0.4 is 10.6 Å². The fraction of sp³-hybridized carbons (Fsp3) is 0.417. The van der Waals surface area contributed by atoms with Crippen LogP contribution in [0.5, 0.6) is 0 Å². The van der Waals surface area contributed by atoms with Crippen molar-refractivity contribution in [1.29, 1.82) is 0 Å². The number of hydrogen-bond acceptors (Lipinski definition) is 4. The van der Waals surface area contributed by atoms with Gasteiger partial charge in [-0.25, -0.2) is 12.8 Å². The van der Waals surface area contributed by atoms with Crippen LogP contribution in [0.25, 0.3) is 0 Å². The van der Waals surface area contributed by atoms with Crippen LogP contribution in [0.2, 0.25) is 0 Å². The molecule has 1 saturated heterocycles. The number of benzene rings is 2. The van der Waals surface area contributed by atoms with Crippen LogP contribution in [0.4, 0.5) is 10.1 Å². The van der Waals surface area contributed by atoms with Gasteiger partial charge in [0.05, 0.1) is 4.90 Å². The van der Waals surface area contributed by atoms with Gasteiger partial charge in [0.1, 0.15) is 5.82 Å². The summed E-state index contributed by atoms with van der Waals surface area (Å²) < 4.78 is 41.4. The van der Waals surface area contributed by atoms with Gasteiger partial charge in [-0.15, -0.1) is 0 Å². The number of halogens is 1. The van der Waals surface area contributed by atoms with E-state index in [1.165, 1.54) is 16.4 Å². The second-order valence-corrected chi connectivity index (χ2v) is 10.4. The zero-order chi connectivity index (χ0) is 24.2. The van der Waals surface area contributed by atoms with Crippen LogP contribution in [0, 0.1) is 26.6 Å². The first-order chi connectivity index (χ1) is 15.6. The normalized spacial score (nSPS) is 16.9. The van der Waals surface area contributed by atoms with Gasteiger partial charge in [-0.1, -0.05) is 18.6 Å². The zero-order valence-electron chi connectivity index (χ0n) is 19.2. The number of carbonyl (C=O) groups is 2. The second-order valence-electron chi connectivity index (χ2n) is 8.49. The highest BCUT2D eigenvalue weighted by atomic mass is 32.2. The summed E-state index contributed by atoms with van der Waals surface area (Å²) in [5.74, 6) is -2.02. The molecular formula is C24H30FN3O4S. The largest absolute Gasteiger partial charge is 0.348 e. The molecule has 178 valence electrons. The molecule has 1 aliphatic rings. The average Bonchev–Trinajstić information content (AvgIpc) is 2.76. The summed E-state index contributed by atoms with van der Waals surface area (Å²) >= 11 is 0. The molecule has 0 unspecified atom stereocenters. The predicted molar refractivity (Wildman–Crippen MR) is 125 cm³/mol. The Morgan fingerprint density at radius 1 is 1.03 bits per heavy atom. The minimum absolute atomic E-state index is 0.0905. The highest BCUT2D eigenvalue weighted by Gasteiger charge is 2.34. The molecule has 0 radical (unpaired) electrons. The first kappa shape index (κ1) is 24.9. The molecule has 2 amide bonds. The Morgan fingerprint density at radius 2 is 1.79 bits per heavy atom. The van der Waals surface area contributed by atoms with Crippen molar-refractivity contribution < 1.29 is 22.4 Å². The SMILES string of the molecule is Cc1ccc(C)c(NC(=O)C(=O)NCC[C@H]2CCCCN2S(=O)(=O)c2ccc(F)cc2C)c1. The van der Waals surface area contributed by atoms with Gasteiger partial charge >= 0.3 is 11.8 Å². The van der Waals surface area contributed by atoms with Gasteiger partial charge in [0.15, 0.2) is 0 Å². The number of amides is 2. The minimum atomic E-state index is -3.80. The van der Waals surface area contributed by atoms with Gasteiger partial charge < -0.3 is 10.6 Å². The fourth-order valence-corrected chi connectivity index (χ4v) is 6.02. The van der Waals surface area contributed by atoms with Gasteiger partial charge in [-0.3, -0.25) is 9.59 Å². The maximum Gasteiger partial charge on any atom is 0.313 e. The highest BCUT2D eigenvalue weighted by molar-refractivity contribution is 7.89. The summed E-state index contributed by atoms with van der Waals surface area (Å²) in [5, 5.41) is 5.21. The molecule has 2 aromatic rings. The minimum Gasteiger partial charge on any atom is -0.348 e. The van der Waals surface area contributed by atoms with Gasteiger partial charge in [0, 0.05) is 24.8 Å². The molecule has 7 nitrogen and oxygen atoms in total. The molecule has 0 bridgehead atoms. The third-order valence-electron chi connectivity index (χ3n) is 5.91. The van der Waals surface area contributed by atoms with E-state index in [-0.39, 0.29) is 17.5 Å². The summed E-state index contributed by atoms with van der Waals surface area (Å²) in [4.78, 5) is 24.6. The van der Waals surface area contributed by atoms with Gasteiger partial charge in [-0.2, -0.15) is 4.31 Å². The smallest absolute Gasteiger partial charge is 0.313 e. The Bertz CT molecular complexity index is 1150. The van der Waals surface area contributed by atoms with Crippen molar-refractivity contribution in [2.45, 2.75) is 57.4 Å². The lowest BCUT2D eigenvalue weighted by molar-refractivity contribution is -0.136. The van der Waals surface area contributed by atoms with Crippen molar-refractivity contribution in [1.82, 2.24) is 9.62 Å². The van der Waals surface area contributed by atoms with E-state index in [1.54, 1.807) is 13.0 Å². The van der Waals surface area contributed by atoms with Crippen LogP contribution in [0.15, 0.2) is 41.3 Å². The number of aryl methyl sites for hydroxylation is 3. The Labute approximate surface area is 194 Å². The number of piperidine rings is 1. The molecule has 2 aromatic carbocycles. The van der Waals surface area contributed by atoms with E-state index in [9.17, 15) is 22.4 Å². The number of anilines is 1. The third-order valence-corrected chi connectivity index (χ3v) is 8.02. The van der Waals surface area contributed by atoms with Crippen LogP contribution in [-0.4, -0.2) is 43.7 Å². The van der Waals surface area contributed by atoms with E-state index >= 15 is 0 Å². The fourth-order valence-electron chi connectivity index (χ4n) is 4.09. The number of nitrogens with zero attached hydrogens (tertiary/aromatic N) is 1. The third kappa shape index (κ3) is 5.97. The molecule has 1 atom stereocenters. The topological polar surface area (TPSA) is 95.6 Å². The maximum absolute atomic E-state index is 13.5. The van der Waals surface area contributed by atoms with E-state index < -0.39 is 27.7 Å². The molecule has 3 rings (SSSR count). The van der Waals surface area contributed by atoms with Gasteiger partial charge in [-0.05, 0) is 81.0 Å². The van der Waals surface area contributed by atoms with Crippen LogP contribution in [0.3, 0.4) is 0 Å². The standard InChI is InChI=1S/C24H30FN3O4S/c1-16-7-8-17(2)21(14-16)27-24(30)23(29)26-12-11-20-6-4-5-13-28(20)33(31,32)22-10-9-19(25)15-18(22)3/h7-10,14-15,20H,4-6,11-13H2,1-3H3,(H,26,29)(H,27,30)/t20-/m1/s1. The summed E-state index contributed by atoms with van der Waals surface area (Å²) in [6, 6.07) is 8.92. The molecule has 0 spiro atoms. The number of nitrogens with one attached hydrogen (secondary N) is 2. The molecule has 9 heteroatoms. The average molecular weight is 476 g/mol. The van der Waals surface area contributed by atoms with E-state index in [0.29, 0.717) is 30.6 Å². The summed E-state index contributed by atoms with van der Waals surface area (Å²) in [6.07, 6.45) is 2.65. The Kier molecular flexibility index (Phi) is 7.86.